The summed E-state index contributed by atoms with van der Waals surface area (Å²) in [6, 6.07) is 0.377. The first-order valence-electron chi connectivity index (χ1n) is 5.94. The smallest absolute Gasteiger partial charge is 0.253 e. The Hall–Kier alpha value is -1.38. The first-order chi connectivity index (χ1) is 9.65. The second-order valence-corrected chi connectivity index (χ2v) is 3.61. The van der Waals surface area contributed by atoms with Crippen LogP contribution >= 0.6 is 0 Å². The molecule has 8 heteroatoms. The Morgan fingerprint density at radius 1 is 0.900 bits per heavy atom. The Morgan fingerprint density at radius 3 is 2.15 bits per heavy atom. The molecule has 0 fully saturated rings. The van der Waals surface area contributed by atoms with Crippen molar-refractivity contribution in [2.45, 2.75) is 0 Å². The fourth-order valence-corrected chi connectivity index (χ4v) is 1.19. The Morgan fingerprint density at radius 2 is 1.50 bits per heavy atom. The molecule has 0 aliphatic heterocycles. The molecule has 0 aromatic carbocycles. The standard InChI is InChI=1S/C12H16F3NO4/c1-17-2-3-18-4-5-19-6-7-20-12-10(14)8-9(13)11(15)16-12/h8H,2-7H2,1H3. The number of pyridine rings is 1. The van der Waals surface area contributed by atoms with Crippen LogP contribution in [0, 0.1) is 17.6 Å². The van der Waals surface area contributed by atoms with Crippen molar-refractivity contribution in [2.24, 2.45) is 0 Å². The molecule has 0 saturated carbocycles. The second kappa shape index (κ2) is 9.51. The molecule has 0 spiro atoms. The Labute approximate surface area is 114 Å². The van der Waals surface area contributed by atoms with E-state index in [9.17, 15) is 13.2 Å². The third-order valence-electron chi connectivity index (χ3n) is 2.12. The summed E-state index contributed by atoms with van der Waals surface area (Å²) in [5.74, 6) is -4.43. The summed E-state index contributed by atoms with van der Waals surface area (Å²) >= 11 is 0. The van der Waals surface area contributed by atoms with Crippen molar-refractivity contribution >= 4 is 0 Å². The molecule has 20 heavy (non-hydrogen) atoms. The van der Waals surface area contributed by atoms with Crippen LogP contribution in [-0.2, 0) is 14.2 Å². The highest BCUT2D eigenvalue weighted by molar-refractivity contribution is 5.15. The van der Waals surface area contributed by atoms with E-state index < -0.39 is 23.5 Å². The van der Waals surface area contributed by atoms with Crippen LogP contribution in [0.3, 0.4) is 0 Å². The average molecular weight is 295 g/mol. The van der Waals surface area contributed by atoms with E-state index in [0.717, 1.165) is 0 Å². The van der Waals surface area contributed by atoms with Crippen LogP contribution in [0.25, 0.3) is 0 Å². The van der Waals surface area contributed by atoms with Crippen molar-refractivity contribution in [3.8, 4) is 5.88 Å². The van der Waals surface area contributed by atoms with Gasteiger partial charge in [0.1, 0.15) is 6.61 Å². The van der Waals surface area contributed by atoms with Gasteiger partial charge in [0.2, 0.25) is 0 Å². The van der Waals surface area contributed by atoms with Crippen LogP contribution in [0.2, 0.25) is 0 Å². The van der Waals surface area contributed by atoms with E-state index in [1.54, 1.807) is 7.11 Å². The van der Waals surface area contributed by atoms with Gasteiger partial charge in [0.25, 0.3) is 11.8 Å². The summed E-state index contributed by atoms with van der Waals surface area (Å²) in [5.41, 5.74) is 0. The third kappa shape index (κ3) is 6.18. The van der Waals surface area contributed by atoms with E-state index in [-0.39, 0.29) is 13.2 Å². The van der Waals surface area contributed by atoms with E-state index in [2.05, 4.69) is 4.98 Å². The summed E-state index contributed by atoms with van der Waals surface area (Å²) in [6.07, 6.45) is 0. The number of rotatable bonds is 10. The van der Waals surface area contributed by atoms with E-state index in [1.165, 1.54) is 0 Å². The summed E-state index contributed by atoms with van der Waals surface area (Å²) in [4.78, 5) is 3.01. The summed E-state index contributed by atoms with van der Waals surface area (Å²) in [6.45, 7) is 1.81. The number of nitrogens with zero attached hydrogens (tertiary/aromatic N) is 1. The lowest BCUT2D eigenvalue weighted by Gasteiger charge is -2.08. The Balaban J connectivity index is 2.11. The Kier molecular flexibility index (Phi) is 7.93. The number of hydrogen-bond acceptors (Lipinski definition) is 5. The minimum atomic E-state index is -1.41. The largest absolute Gasteiger partial charge is 0.473 e. The third-order valence-corrected chi connectivity index (χ3v) is 2.12. The van der Waals surface area contributed by atoms with Crippen LogP contribution in [0.5, 0.6) is 5.88 Å². The zero-order valence-electron chi connectivity index (χ0n) is 11.0. The van der Waals surface area contributed by atoms with Gasteiger partial charge in [0.15, 0.2) is 11.6 Å². The Bertz CT molecular complexity index is 407. The predicted octanol–water partition coefficient (Wildman–Crippen LogP) is 1.56. The monoisotopic (exact) mass is 295 g/mol. The van der Waals surface area contributed by atoms with Gasteiger partial charge in [-0.3, -0.25) is 0 Å². The maximum atomic E-state index is 13.1. The van der Waals surface area contributed by atoms with Gasteiger partial charge >= 0.3 is 0 Å². The summed E-state index contributed by atoms with van der Waals surface area (Å²) in [7, 11) is 1.57. The number of aromatic nitrogens is 1. The van der Waals surface area contributed by atoms with E-state index in [0.29, 0.717) is 32.5 Å². The van der Waals surface area contributed by atoms with Gasteiger partial charge in [-0.15, -0.1) is 0 Å². The van der Waals surface area contributed by atoms with Crippen LogP contribution < -0.4 is 4.74 Å². The van der Waals surface area contributed by atoms with Crippen LogP contribution in [0.4, 0.5) is 13.2 Å². The van der Waals surface area contributed by atoms with Crippen molar-refractivity contribution in [1.29, 1.82) is 0 Å². The molecule has 0 aliphatic rings. The molecule has 0 amide bonds. The van der Waals surface area contributed by atoms with Crippen molar-refractivity contribution in [2.75, 3.05) is 46.8 Å². The maximum absolute atomic E-state index is 13.1. The zero-order chi connectivity index (χ0) is 14.8. The number of ether oxygens (including phenoxy) is 4. The number of halogens is 3. The highest BCUT2D eigenvalue weighted by Crippen LogP contribution is 2.16. The van der Waals surface area contributed by atoms with E-state index in [1.807, 2.05) is 0 Å². The normalized spacial score (nSPS) is 10.8. The highest BCUT2D eigenvalue weighted by Gasteiger charge is 2.12. The molecule has 0 atom stereocenters. The lowest BCUT2D eigenvalue weighted by molar-refractivity contribution is 0.0173. The SMILES string of the molecule is COCCOCCOCCOc1nc(F)c(F)cc1F. The van der Waals surface area contributed by atoms with E-state index in [4.69, 9.17) is 18.9 Å². The maximum Gasteiger partial charge on any atom is 0.253 e. The highest BCUT2D eigenvalue weighted by atomic mass is 19.2. The molecular weight excluding hydrogens is 279 g/mol. The van der Waals surface area contributed by atoms with Gasteiger partial charge in [-0.1, -0.05) is 0 Å². The van der Waals surface area contributed by atoms with Crippen LogP contribution in [0.15, 0.2) is 6.07 Å². The fourth-order valence-electron chi connectivity index (χ4n) is 1.19. The molecule has 1 rings (SSSR count). The summed E-state index contributed by atoms with van der Waals surface area (Å²) in [5, 5.41) is 0. The first-order valence-corrected chi connectivity index (χ1v) is 5.94. The zero-order valence-corrected chi connectivity index (χ0v) is 11.0. The first kappa shape index (κ1) is 16.7. The van der Waals surface area contributed by atoms with E-state index >= 15 is 0 Å². The molecule has 0 radical (unpaired) electrons. The molecule has 114 valence electrons. The lowest BCUT2D eigenvalue weighted by atomic mass is 10.4. The van der Waals surface area contributed by atoms with Crippen LogP contribution in [0.1, 0.15) is 0 Å². The molecule has 0 saturated heterocycles. The van der Waals surface area contributed by atoms with Gasteiger partial charge in [0.05, 0.1) is 33.0 Å². The summed E-state index contributed by atoms with van der Waals surface area (Å²) < 4.78 is 58.3. The molecule has 1 aromatic heterocycles. The lowest BCUT2D eigenvalue weighted by Crippen LogP contribution is -2.13. The molecule has 0 aliphatic carbocycles. The molecular formula is C12H16F3NO4. The second-order valence-electron chi connectivity index (χ2n) is 3.61. The topological polar surface area (TPSA) is 49.8 Å². The van der Waals surface area contributed by atoms with Crippen molar-refractivity contribution in [3.63, 3.8) is 0 Å². The van der Waals surface area contributed by atoms with Crippen LogP contribution in [-0.4, -0.2) is 51.7 Å². The van der Waals surface area contributed by atoms with Crippen molar-refractivity contribution in [1.82, 2.24) is 4.98 Å². The molecule has 0 bridgehead atoms. The number of methoxy groups -OCH3 is 1. The van der Waals surface area contributed by atoms with Crippen molar-refractivity contribution < 1.29 is 32.1 Å². The van der Waals surface area contributed by atoms with Gasteiger partial charge in [-0.2, -0.15) is 9.37 Å². The minimum Gasteiger partial charge on any atom is -0.473 e. The van der Waals surface area contributed by atoms with Gasteiger partial charge in [0, 0.05) is 13.2 Å². The number of hydrogen-bond donors (Lipinski definition) is 0. The average Bonchev–Trinajstić information content (AvgIpc) is 2.42. The predicted molar refractivity (Wildman–Crippen MR) is 63.1 cm³/mol. The van der Waals surface area contributed by atoms with Crippen molar-refractivity contribution in [3.05, 3.63) is 23.6 Å². The van der Waals surface area contributed by atoms with Gasteiger partial charge in [-0.25, -0.2) is 8.78 Å². The van der Waals surface area contributed by atoms with Gasteiger partial charge < -0.3 is 18.9 Å². The molecule has 1 heterocycles. The minimum absolute atomic E-state index is 0.0347. The molecule has 1 aromatic rings. The molecule has 0 unspecified atom stereocenters. The molecule has 0 N–H and O–H groups in total. The quantitative estimate of drug-likeness (QED) is 0.484. The van der Waals surface area contributed by atoms with Gasteiger partial charge in [-0.05, 0) is 0 Å². The fraction of sp³-hybridized carbons (Fsp3) is 0.583. The molecule has 5 nitrogen and oxygen atoms in total.